The smallest absolute Gasteiger partial charge is 0.262 e. The number of halogens is 2. The maximum Gasteiger partial charge on any atom is 0.262 e. The normalized spacial score (nSPS) is 11.4. The van der Waals surface area contributed by atoms with Crippen molar-refractivity contribution in [3.05, 3.63) is 52.5 Å². The highest BCUT2D eigenvalue weighted by Gasteiger charge is 2.14. The Bertz CT molecular complexity index is 880. The van der Waals surface area contributed by atoms with E-state index in [1.165, 1.54) is 24.3 Å². The Labute approximate surface area is 168 Å². The van der Waals surface area contributed by atoms with Crippen molar-refractivity contribution in [3.63, 3.8) is 0 Å². The molecule has 27 heavy (non-hydrogen) atoms. The van der Waals surface area contributed by atoms with Crippen molar-refractivity contribution in [2.24, 2.45) is 5.92 Å². The Morgan fingerprint density at radius 1 is 1.07 bits per heavy atom. The molecule has 0 saturated heterocycles. The van der Waals surface area contributed by atoms with Crippen LogP contribution in [0.5, 0.6) is 5.75 Å². The first-order chi connectivity index (χ1) is 12.7. The van der Waals surface area contributed by atoms with Gasteiger partial charge < -0.3 is 10.1 Å². The number of ether oxygens (including phenoxy) is 1. The molecule has 0 aliphatic carbocycles. The molecule has 0 aliphatic rings. The Balaban J connectivity index is 1.91. The van der Waals surface area contributed by atoms with Crippen molar-refractivity contribution in [1.29, 1.82) is 0 Å². The SMILES string of the molecule is CC(C)CNS(=O)(=O)c1ccc(OCC(=O)Nc2cc(Cl)cc(Cl)c2)cc1. The summed E-state index contributed by atoms with van der Waals surface area (Å²) in [4.78, 5) is 12.1. The summed E-state index contributed by atoms with van der Waals surface area (Å²) in [6.45, 7) is 3.94. The van der Waals surface area contributed by atoms with Crippen LogP contribution in [0, 0.1) is 5.92 Å². The zero-order valence-electron chi connectivity index (χ0n) is 14.8. The van der Waals surface area contributed by atoms with Crippen LogP contribution in [0.2, 0.25) is 10.0 Å². The molecule has 0 unspecified atom stereocenters. The third-order valence-electron chi connectivity index (χ3n) is 3.33. The number of carbonyl (C=O) groups excluding carboxylic acids is 1. The molecule has 2 rings (SSSR count). The van der Waals surface area contributed by atoms with Crippen molar-refractivity contribution in [3.8, 4) is 5.75 Å². The zero-order chi connectivity index (χ0) is 20.0. The summed E-state index contributed by atoms with van der Waals surface area (Å²) >= 11 is 11.8. The Morgan fingerprint density at radius 3 is 2.22 bits per heavy atom. The molecular weight excluding hydrogens is 411 g/mol. The van der Waals surface area contributed by atoms with E-state index in [0.717, 1.165) is 0 Å². The molecule has 0 aliphatic heterocycles. The van der Waals surface area contributed by atoms with Crippen LogP contribution < -0.4 is 14.8 Å². The summed E-state index contributed by atoms with van der Waals surface area (Å²) < 4.78 is 32.2. The summed E-state index contributed by atoms with van der Waals surface area (Å²) in [6.07, 6.45) is 0. The van der Waals surface area contributed by atoms with Crippen LogP contribution in [0.3, 0.4) is 0 Å². The van der Waals surface area contributed by atoms with E-state index in [1.54, 1.807) is 18.2 Å². The van der Waals surface area contributed by atoms with Gasteiger partial charge in [-0.05, 0) is 48.4 Å². The van der Waals surface area contributed by atoms with Gasteiger partial charge in [-0.1, -0.05) is 37.0 Å². The molecule has 0 fully saturated rings. The van der Waals surface area contributed by atoms with Gasteiger partial charge in [0.25, 0.3) is 5.91 Å². The number of rotatable bonds is 8. The summed E-state index contributed by atoms with van der Waals surface area (Å²) in [6, 6.07) is 10.5. The molecule has 146 valence electrons. The van der Waals surface area contributed by atoms with Gasteiger partial charge in [0.15, 0.2) is 6.61 Å². The van der Waals surface area contributed by atoms with Crippen LogP contribution in [-0.2, 0) is 14.8 Å². The van der Waals surface area contributed by atoms with Crippen LogP contribution in [0.25, 0.3) is 0 Å². The summed E-state index contributed by atoms with van der Waals surface area (Å²) in [7, 11) is -3.56. The van der Waals surface area contributed by atoms with Crippen LogP contribution in [0.4, 0.5) is 5.69 Å². The third kappa shape index (κ3) is 7.03. The first-order valence-corrected chi connectivity index (χ1v) is 10.4. The monoisotopic (exact) mass is 430 g/mol. The van der Waals surface area contributed by atoms with Crippen molar-refractivity contribution < 1.29 is 17.9 Å². The first kappa shape index (κ1) is 21.5. The average molecular weight is 431 g/mol. The fourth-order valence-corrected chi connectivity index (χ4v) is 3.79. The molecule has 0 aromatic heterocycles. The lowest BCUT2D eigenvalue weighted by Crippen LogP contribution is -2.27. The molecule has 6 nitrogen and oxygen atoms in total. The van der Waals surface area contributed by atoms with E-state index in [4.69, 9.17) is 27.9 Å². The predicted octanol–water partition coefficient (Wildman–Crippen LogP) is 3.95. The lowest BCUT2D eigenvalue weighted by atomic mass is 10.2. The second-order valence-corrected chi connectivity index (χ2v) is 8.85. The van der Waals surface area contributed by atoms with Crippen LogP contribution in [0.1, 0.15) is 13.8 Å². The Morgan fingerprint density at radius 2 is 1.67 bits per heavy atom. The highest BCUT2D eigenvalue weighted by Crippen LogP contribution is 2.22. The first-order valence-electron chi connectivity index (χ1n) is 8.14. The van der Waals surface area contributed by atoms with Gasteiger partial charge in [-0.2, -0.15) is 0 Å². The van der Waals surface area contributed by atoms with Gasteiger partial charge in [0, 0.05) is 22.3 Å². The van der Waals surface area contributed by atoms with E-state index in [1.807, 2.05) is 13.8 Å². The van der Waals surface area contributed by atoms with E-state index in [0.29, 0.717) is 28.0 Å². The highest BCUT2D eigenvalue weighted by atomic mass is 35.5. The van der Waals surface area contributed by atoms with Crippen molar-refractivity contribution in [2.45, 2.75) is 18.7 Å². The van der Waals surface area contributed by atoms with Gasteiger partial charge in [0.1, 0.15) is 5.75 Å². The average Bonchev–Trinajstić information content (AvgIpc) is 2.58. The van der Waals surface area contributed by atoms with Crippen LogP contribution >= 0.6 is 23.2 Å². The standard InChI is InChI=1S/C18H20Cl2N2O4S/c1-12(2)10-21-27(24,25)17-5-3-16(4-6-17)26-11-18(23)22-15-8-13(19)7-14(20)9-15/h3-9,12,21H,10-11H2,1-2H3,(H,22,23). The maximum absolute atomic E-state index is 12.1. The number of carbonyl (C=O) groups is 1. The number of sulfonamides is 1. The van der Waals surface area contributed by atoms with Gasteiger partial charge in [-0.25, -0.2) is 13.1 Å². The molecule has 2 aromatic carbocycles. The fourth-order valence-electron chi connectivity index (χ4n) is 2.05. The van der Waals surface area contributed by atoms with Gasteiger partial charge in [0.2, 0.25) is 10.0 Å². The second-order valence-electron chi connectivity index (χ2n) is 6.21. The topological polar surface area (TPSA) is 84.5 Å². The number of anilines is 1. The maximum atomic E-state index is 12.1. The van der Waals surface area contributed by atoms with Crippen molar-refractivity contribution >= 4 is 44.8 Å². The largest absolute Gasteiger partial charge is 0.484 e. The molecule has 1 amide bonds. The Kier molecular flexibility index (Phi) is 7.49. The lowest BCUT2D eigenvalue weighted by molar-refractivity contribution is -0.118. The molecule has 0 spiro atoms. The fraction of sp³-hybridized carbons (Fsp3) is 0.278. The lowest BCUT2D eigenvalue weighted by Gasteiger charge is -2.10. The molecule has 0 bridgehead atoms. The molecule has 0 heterocycles. The number of hydrogen-bond donors (Lipinski definition) is 2. The predicted molar refractivity (Wildman–Crippen MR) is 107 cm³/mol. The van der Waals surface area contributed by atoms with E-state index in [-0.39, 0.29) is 17.4 Å². The number of nitrogens with one attached hydrogen (secondary N) is 2. The molecule has 2 aromatic rings. The van der Waals surface area contributed by atoms with E-state index >= 15 is 0 Å². The van der Waals surface area contributed by atoms with Crippen molar-refractivity contribution in [1.82, 2.24) is 4.72 Å². The molecule has 0 atom stereocenters. The Hall–Kier alpha value is -1.80. The minimum Gasteiger partial charge on any atom is -0.484 e. The van der Waals surface area contributed by atoms with E-state index in [2.05, 4.69) is 10.0 Å². The zero-order valence-corrected chi connectivity index (χ0v) is 17.2. The van der Waals surface area contributed by atoms with Gasteiger partial charge in [-0.15, -0.1) is 0 Å². The number of amides is 1. The van der Waals surface area contributed by atoms with Gasteiger partial charge in [0.05, 0.1) is 4.90 Å². The van der Waals surface area contributed by atoms with Gasteiger partial charge >= 0.3 is 0 Å². The third-order valence-corrected chi connectivity index (χ3v) is 5.21. The minimum absolute atomic E-state index is 0.133. The summed E-state index contributed by atoms with van der Waals surface area (Å²) in [5, 5.41) is 3.43. The van der Waals surface area contributed by atoms with Gasteiger partial charge in [-0.3, -0.25) is 4.79 Å². The quantitative estimate of drug-likeness (QED) is 0.663. The molecule has 9 heteroatoms. The van der Waals surface area contributed by atoms with Crippen molar-refractivity contribution in [2.75, 3.05) is 18.5 Å². The summed E-state index contributed by atoms with van der Waals surface area (Å²) in [5.74, 6) is 0.177. The second kappa shape index (κ2) is 9.41. The van der Waals surface area contributed by atoms with Crippen LogP contribution in [0.15, 0.2) is 47.4 Å². The minimum atomic E-state index is -3.56. The number of hydrogen-bond acceptors (Lipinski definition) is 4. The molecule has 0 radical (unpaired) electrons. The van der Waals surface area contributed by atoms with E-state index < -0.39 is 15.9 Å². The van der Waals surface area contributed by atoms with E-state index in [9.17, 15) is 13.2 Å². The number of benzene rings is 2. The molecule has 2 N–H and O–H groups in total. The summed E-state index contributed by atoms with van der Waals surface area (Å²) in [5.41, 5.74) is 0.457. The molecule has 0 saturated carbocycles. The van der Waals surface area contributed by atoms with Crippen LogP contribution in [-0.4, -0.2) is 27.5 Å². The highest BCUT2D eigenvalue weighted by molar-refractivity contribution is 7.89. The molecular formula is C18H20Cl2N2O4S.